The second-order valence-corrected chi connectivity index (χ2v) is 7.29. The van der Waals surface area contributed by atoms with Crippen LogP contribution in [-0.2, 0) is 14.4 Å². The van der Waals surface area contributed by atoms with E-state index < -0.39 is 24.0 Å². The van der Waals surface area contributed by atoms with Crippen LogP contribution in [0.3, 0.4) is 0 Å². The molecule has 1 unspecified atom stereocenters. The molecule has 0 aromatic heterocycles. The van der Waals surface area contributed by atoms with Gasteiger partial charge in [-0.2, -0.15) is 5.43 Å². The number of amides is 3. The number of ether oxygens (including phenoxy) is 2. The Balaban J connectivity index is 1.43. The number of rotatable bonds is 7. The molecule has 3 amide bonds. The predicted molar refractivity (Wildman–Crippen MR) is 117 cm³/mol. The Morgan fingerprint density at radius 3 is 2.31 bits per heavy atom. The summed E-state index contributed by atoms with van der Waals surface area (Å²) in [7, 11) is 1.59. The molecule has 0 bridgehead atoms. The van der Waals surface area contributed by atoms with E-state index in [1.54, 1.807) is 31.4 Å². The third kappa shape index (κ3) is 4.30. The van der Waals surface area contributed by atoms with Crippen molar-refractivity contribution in [2.24, 2.45) is 0 Å². The molecule has 4 rings (SSSR count). The first kappa shape index (κ1) is 21.4. The van der Waals surface area contributed by atoms with Crippen LogP contribution < -0.4 is 25.1 Å². The van der Waals surface area contributed by atoms with E-state index >= 15 is 0 Å². The molecule has 2 saturated heterocycles. The Hall–Kier alpha value is -3.79. The van der Waals surface area contributed by atoms with Gasteiger partial charge in [0.1, 0.15) is 18.0 Å². The number of carbonyl (C=O) groups excluding carboxylic acids is 3. The van der Waals surface area contributed by atoms with Gasteiger partial charge in [-0.3, -0.25) is 24.3 Å². The molecule has 0 saturated carbocycles. The van der Waals surface area contributed by atoms with Crippen molar-refractivity contribution in [1.29, 1.82) is 0 Å². The maximum Gasteiger partial charge on any atom is 0.326 e. The lowest BCUT2D eigenvalue weighted by Crippen LogP contribution is -2.68. The van der Waals surface area contributed by atoms with Gasteiger partial charge in [-0.05, 0) is 55.5 Å². The van der Waals surface area contributed by atoms with Crippen LogP contribution in [0.15, 0.2) is 48.5 Å². The zero-order valence-corrected chi connectivity index (χ0v) is 17.9. The van der Waals surface area contributed by atoms with Crippen molar-refractivity contribution >= 4 is 29.1 Å². The molecule has 32 heavy (non-hydrogen) atoms. The quantitative estimate of drug-likeness (QED) is 0.621. The number of hydrogen-bond donors (Lipinski definition) is 2. The molecule has 2 aromatic rings. The summed E-state index contributed by atoms with van der Waals surface area (Å²) in [5, 5.41) is 3.79. The van der Waals surface area contributed by atoms with Crippen LogP contribution in [0, 0.1) is 0 Å². The minimum Gasteiger partial charge on any atom is -0.497 e. The highest BCUT2D eigenvalue weighted by Crippen LogP contribution is 2.27. The second kappa shape index (κ2) is 9.15. The standard InChI is InChI=1S/C22H25N5O5/c1-3-32-18-8-4-15(5-9-18)23-19(28)14-27-21(30)20(29)26-13-12-25(22(26)24-27)16-6-10-17(31-2)11-7-16/h4-11,22,24H,3,12-14H2,1-2H3,(H,23,28). The lowest BCUT2D eigenvalue weighted by atomic mass is 10.3. The summed E-state index contributed by atoms with van der Waals surface area (Å²) < 4.78 is 10.6. The normalized spacial score (nSPS) is 17.9. The van der Waals surface area contributed by atoms with Crippen molar-refractivity contribution in [2.75, 3.05) is 43.6 Å². The van der Waals surface area contributed by atoms with Crippen LogP contribution in [0.25, 0.3) is 0 Å². The number of anilines is 2. The Bertz CT molecular complexity index is 995. The molecule has 10 nitrogen and oxygen atoms in total. The van der Waals surface area contributed by atoms with Gasteiger partial charge in [-0.25, -0.2) is 0 Å². The molecular weight excluding hydrogens is 414 g/mol. The maximum absolute atomic E-state index is 12.6. The molecule has 2 aliphatic rings. The van der Waals surface area contributed by atoms with E-state index in [1.807, 2.05) is 36.1 Å². The minimum atomic E-state index is -0.764. The van der Waals surface area contributed by atoms with Gasteiger partial charge in [0.15, 0.2) is 6.29 Å². The zero-order valence-electron chi connectivity index (χ0n) is 17.9. The third-order valence-corrected chi connectivity index (χ3v) is 5.29. The molecule has 168 valence electrons. The highest BCUT2D eigenvalue weighted by Gasteiger charge is 2.45. The van der Waals surface area contributed by atoms with E-state index in [1.165, 1.54) is 4.90 Å². The number of nitrogens with zero attached hydrogens (tertiary/aromatic N) is 3. The first-order chi connectivity index (χ1) is 15.5. The molecule has 2 aliphatic heterocycles. The first-order valence-corrected chi connectivity index (χ1v) is 10.3. The third-order valence-electron chi connectivity index (χ3n) is 5.29. The van der Waals surface area contributed by atoms with Crippen LogP contribution in [0.1, 0.15) is 6.92 Å². The van der Waals surface area contributed by atoms with E-state index in [9.17, 15) is 14.4 Å². The lowest BCUT2D eigenvalue weighted by molar-refractivity contribution is -0.163. The summed E-state index contributed by atoms with van der Waals surface area (Å²) >= 11 is 0. The first-order valence-electron chi connectivity index (χ1n) is 10.3. The van der Waals surface area contributed by atoms with Gasteiger partial charge in [0.05, 0.1) is 13.7 Å². The topological polar surface area (TPSA) is 103 Å². The van der Waals surface area contributed by atoms with E-state index in [4.69, 9.17) is 9.47 Å². The summed E-state index contributed by atoms with van der Waals surface area (Å²) in [5.41, 5.74) is 4.45. The number of benzene rings is 2. The number of fused-ring (bicyclic) bond motifs is 1. The van der Waals surface area contributed by atoms with E-state index in [0.717, 1.165) is 16.4 Å². The van der Waals surface area contributed by atoms with Crippen molar-refractivity contribution < 1.29 is 23.9 Å². The van der Waals surface area contributed by atoms with E-state index in [2.05, 4.69) is 10.7 Å². The fraction of sp³-hybridized carbons (Fsp3) is 0.318. The van der Waals surface area contributed by atoms with Gasteiger partial charge in [-0.15, -0.1) is 0 Å². The molecule has 2 fully saturated rings. The largest absolute Gasteiger partial charge is 0.497 e. The van der Waals surface area contributed by atoms with Gasteiger partial charge in [-0.1, -0.05) is 0 Å². The molecule has 0 aliphatic carbocycles. The van der Waals surface area contributed by atoms with Crippen molar-refractivity contribution in [3.8, 4) is 11.5 Å². The van der Waals surface area contributed by atoms with Crippen LogP contribution in [0.5, 0.6) is 11.5 Å². The number of hydrogen-bond acceptors (Lipinski definition) is 7. The highest BCUT2D eigenvalue weighted by atomic mass is 16.5. The Morgan fingerprint density at radius 1 is 1.00 bits per heavy atom. The predicted octanol–water partition coefficient (Wildman–Crippen LogP) is 1.01. The van der Waals surface area contributed by atoms with Gasteiger partial charge in [0.2, 0.25) is 5.91 Å². The van der Waals surface area contributed by atoms with Crippen LogP contribution in [0.2, 0.25) is 0 Å². The number of methoxy groups -OCH3 is 1. The molecule has 10 heteroatoms. The van der Waals surface area contributed by atoms with Crippen molar-refractivity contribution in [3.05, 3.63) is 48.5 Å². The van der Waals surface area contributed by atoms with Gasteiger partial charge >= 0.3 is 11.8 Å². The van der Waals surface area contributed by atoms with Crippen LogP contribution in [0.4, 0.5) is 11.4 Å². The SMILES string of the molecule is CCOc1ccc(NC(=O)CN2NC3N(CCN3c3ccc(OC)cc3)C(=O)C2=O)cc1. The van der Waals surface area contributed by atoms with Crippen molar-refractivity contribution in [3.63, 3.8) is 0 Å². The lowest BCUT2D eigenvalue weighted by Gasteiger charge is -2.40. The average molecular weight is 439 g/mol. The van der Waals surface area contributed by atoms with Crippen LogP contribution in [-0.4, -0.2) is 67.3 Å². The molecule has 2 aromatic carbocycles. The molecular formula is C22H25N5O5. The molecule has 0 spiro atoms. The zero-order chi connectivity index (χ0) is 22.7. The van der Waals surface area contributed by atoms with E-state index in [0.29, 0.717) is 31.1 Å². The highest BCUT2D eigenvalue weighted by molar-refractivity contribution is 6.35. The van der Waals surface area contributed by atoms with E-state index in [-0.39, 0.29) is 6.54 Å². The Labute approximate surface area is 185 Å². The van der Waals surface area contributed by atoms with Gasteiger partial charge in [0.25, 0.3) is 0 Å². The Kier molecular flexibility index (Phi) is 6.13. The van der Waals surface area contributed by atoms with Gasteiger partial charge in [0, 0.05) is 24.5 Å². The second-order valence-electron chi connectivity index (χ2n) is 7.29. The fourth-order valence-electron chi connectivity index (χ4n) is 3.72. The summed E-state index contributed by atoms with van der Waals surface area (Å²) in [6, 6.07) is 14.3. The monoisotopic (exact) mass is 439 g/mol. The molecule has 1 atom stereocenters. The fourth-order valence-corrected chi connectivity index (χ4v) is 3.72. The molecule has 2 heterocycles. The summed E-state index contributed by atoms with van der Waals surface area (Å²) in [6.07, 6.45) is -0.563. The minimum absolute atomic E-state index is 0.307. The average Bonchev–Trinajstić information content (AvgIpc) is 3.22. The summed E-state index contributed by atoms with van der Waals surface area (Å²) in [6.45, 7) is 3.09. The molecule has 0 radical (unpaired) electrons. The van der Waals surface area contributed by atoms with Crippen molar-refractivity contribution in [2.45, 2.75) is 13.2 Å². The molecule has 2 N–H and O–H groups in total. The Morgan fingerprint density at radius 2 is 1.66 bits per heavy atom. The number of hydrazine groups is 1. The van der Waals surface area contributed by atoms with Crippen LogP contribution >= 0.6 is 0 Å². The maximum atomic E-state index is 12.6. The smallest absolute Gasteiger partial charge is 0.326 e. The van der Waals surface area contributed by atoms with Crippen molar-refractivity contribution in [1.82, 2.24) is 15.3 Å². The number of nitrogens with one attached hydrogen (secondary N) is 2. The summed E-state index contributed by atoms with van der Waals surface area (Å²) in [5.74, 6) is -0.410. The number of carbonyl (C=O) groups is 3. The van der Waals surface area contributed by atoms with Gasteiger partial charge < -0.3 is 19.7 Å². The summed E-state index contributed by atoms with van der Waals surface area (Å²) in [4.78, 5) is 41.1.